The van der Waals surface area contributed by atoms with Crippen LogP contribution in [-0.2, 0) is 13.5 Å². The standard InChI is InChI=1S/C11H16ClN3/c1-7-11(12)10(15(2)14-7)6-8-3-4-9(13)5-8/h5,9H,3-4,6,13H2,1-2H3. The van der Waals surface area contributed by atoms with E-state index in [1.54, 1.807) is 0 Å². The van der Waals surface area contributed by atoms with E-state index in [1.807, 2.05) is 18.7 Å². The highest BCUT2D eigenvalue weighted by Crippen LogP contribution is 2.26. The second-order valence-corrected chi connectivity index (χ2v) is 4.55. The number of aryl methyl sites for hydroxylation is 2. The number of hydrogen-bond acceptors (Lipinski definition) is 2. The minimum absolute atomic E-state index is 0.230. The van der Waals surface area contributed by atoms with E-state index in [0.29, 0.717) is 0 Å². The Morgan fingerprint density at radius 1 is 1.67 bits per heavy atom. The van der Waals surface area contributed by atoms with Gasteiger partial charge in [0.1, 0.15) is 0 Å². The Kier molecular flexibility index (Phi) is 2.85. The molecule has 0 saturated carbocycles. The van der Waals surface area contributed by atoms with Gasteiger partial charge in [0, 0.05) is 19.5 Å². The average Bonchev–Trinajstić information content (AvgIpc) is 2.67. The maximum absolute atomic E-state index is 6.19. The molecule has 0 aliphatic heterocycles. The summed E-state index contributed by atoms with van der Waals surface area (Å²) in [7, 11) is 1.93. The normalized spacial score (nSPS) is 20.8. The third-order valence-electron chi connectivity index (χ3n) is 2.90. The largest absolute Gasteiger partial charge is 0.324 e. The lowest BCUT2D eigenvalue weighted by atomic mass is 10.1. The predicted molar refractivity (Wildman–Crippen MR) is 62.0 cm³/mol. The van der Waals surface area contributed by atoms with Gasteiger partial charge in [0.05, 0.1) is 16.4 Å². The third-order valence-corrected chi connectivity index (χ3v) is 3.40. The van der Waals surface area contributed by atoms with Gasteiger partial charge in [-0.1, -0.05) is 23.3 Å². The Morgan fingerprint density at radius 3 is 2.87 bits per heavy atom. The van der Waals surface area contributed by atoms with Crippen molar-refractivity contribution >= 4 is 11.6 Å². The van der Waals surface area contributed by atoms with Crippen LogP contribution in [0.15, 0.2) is 11.6 Å². The summed E-state index contributed by atoms with van der Waals surface area (Å²) >= 11 is 6.19. The molecule has 0 bridgehead atoms. The summed E-state index contributed by atoms with van der Waals surface area (Å²) < 4.78 is 1.86. The minimum Gasteiger partial charge on any atom is -0.324 e. The molecule has 0 radical (unpaired) electrons. The van der Waals surface area contributed by atoms with Gasteiger partial charge in [-0.3, -0.25) is 4.68 Å². The first-order valence-corrected chi connectivity index (χ1v) is 5.59. The van der Waals surface area contributed by atoms with E-state index in [0.717, 1.165) is 35.7 Å². The molecule has 0 spiro atoms. The number of nitrogens with zero attached hydrogens (tertiary/aromatic N) is 2. The van der Waals surface area contributed by atoms with Crippen LogP contribution in [0.5, 0.6) is 0 Å². The van der Waals surface area contributed by atoms with Crippen LogP contribution in [0.1, 0.15) is 24.2 Å². The summed E-state index contributed by atoms with van der Waals surface area (Å²) in [6.07, 6.45) is 5.17. The lowest BCUT2D eigenvalue weighted by molar-refractivity contribution is 0.708. The fourth-order valence-corrected chi connectivity index (χ4v) is 2.28. The Bertz CT molecular complexity index is 406. The Morgan fingerprint density at radius 2 is 2.40 bits per heavy atom. The quantitative estimate of drug-likeness (QED) is 0.783. The summed E-state index contributed by atoms with van der Waals surface area (Å²) in [6.45, 7) is 1.93. The Labute approximate surface area is 94.9 Å². The summed E-state index contributed by atoms with van der Waals surface area (Å²) in [4.78, 5) is 0. The van der Waals surface area contributed by atoms with Crippen molar-refractivity contribution in [1.82, 2.24) is 9.78 Å². The average molecular weight is 226 g/mol. The minimum atomic E-state index is 0.230. The van der Waals surface area contributed by atoms with E-state index in [9.17, 15) is 0 Å². The number of aromatic nitrogens is 2. The highest BCUT2D eigenvalue weighted by molar-refractivity contribution is 6.31. The second kappa shape index (κ2) is 3.99. The highest BCUT2D eigenvalue weighted by Gasteiger charge is 2.16. The number of halogens is 1. The topological polar surface area (TPSA) is 43.8 Å². The van der Waals surface area contributed by atoms with Crippen molar-refractivity contribution in [3.63, 3.8) is 0 Å². The third kappa shape index (κ3) is 2.08. The smallest absolute Gasteiger partial charge is 0.0850 e. The van der Waals surface area contributed by atoms with Crippen molar-refractivity contribution in [3.8, 4) is 0 Å². The first-order valence-electron chi connectivity index (χ1n) is 5.21. The molecule has 1 unspecified atom stereocenters. The SMILES string of the molecule is Cc1nn(C)c(CC2=CC(N)CC2)c1Cl. The predicted octanol–water partition coefficient (Wildman–Crippen LogP) is 1.97. The molecule has 0 amide bonds. The molecule has 2 N–H and O–H groups in total. The van der Waals surface area contributed by atoms with E-state index < -0.39 is 0 Å². The second-order valence-electron chi connectivity index (χ2n) is 4.17. The molecule has 0 aromatic carbocycles. The number of hydrogen-bond donors (Lipinski definition) is 1. The van der Waals surface area contributed by atoms with E-state index in [2.05, 4.69) is 11.2 Å². The summed E-state index contributed by atoms with van der Waals surface area (Å²) in [5.74, 6) is 0. The van der Waals surface area contributed by atoms with Crippen LogP contribution in [0.4, 0.5) is 0 Å². The Hall–Kier alpha value is -0.800. The van der Waals surface area contributed by atoms with Gasteiger partial charge in [-0.25, -0.2) is 0 Å². The monoisotopic (exact) mass is 225 g/mol. The van der Waals surface area contributed by atoms with E-state index in [1.165, 1.54) is 5.57 Å². The zero-order valence-corrected chi connectivity index (χ0v) is 9.88. The fourth-order valence-electron chi connectivity index (χ4n) is 2.06. The molecule has 15 heavy (non-hydrogen) atoms. The van der Waals surface area contributed by atoms with E-state index >= 15 is 0 Å². The first kappa shape index (κ1) is 10.7. The van der Waals surface area contributed by atoms with E-state index in [4.69, 9.17) is 17.3 Å². The molecular formula is C11H16ClN3. The van der Waals surface area contributed by atoms with Gasteiger partial charge in [0.25, 0.3) is 0 Å². The van der Waals surface area contributed by atoms with Crippen molar-refractivity contribution in [2.75, 3.05) is 0 Å². The molecule has 1 aliphatic carbocycles. The van der Waals surface area contributed by atoms with Crippen LogP contribution >= 0.6 is 11.6 Å². The molecule has 1 aromatic heterocycles. The van der Waals surface area contributed by atoms with Crippen LogP contribution in [0, 0.1) is 6.92 Å². The van der Waals surface area contributed by atoms with E-state index in [-0.39, 0.29) is 6.04 Å². The van der Waals surface area contributed by atoms with Gasteiger partial charge in [-0.2, -0.15) is 5.10 Å². The van der Waals surface area contributed by atoms with Gasteiger partial charge >= 0.3 is 0 Å². The molecule has 2 rings (SSSR count). The van der Waals surface area contributed by atoms with Crippen LogP contribution in [-0.4, -0.2) is 15.8 Å². The highest BCUT2D eigenvalue weighted by atomic mass is 35.5. The van der Waals surface area contributed by atoms with Crippen molar-refractivity contribution in [3.05, 3.63) is 28.1 Å². The first-order chi connectivity index (χ1) is 7.08. The molecular weight excluding hydrogens is 210 g/mol. The Balaban J connectivity index is 2.21. The van der Waals surface area contributed by atoms with Gasteiger partial charge in [0.15, 0.2) is 0 Å². The number of rotatable bonds is 2. The molecule has 0 saturated heterocycles. The van der Waals surface area contributed by atoms with Gasteiger partial charge < -0.3 is 5.73 Å². The lowest BCUT2D eigenvalue weighted by Gasteiger charge is -2.03. The summed E-state index contributed by atoms with van der Waals surface area (Å²) in [5, 5.41) is 5.09. The summed E-state index contributed by atoms with van der Waals surface area (Å²) in [6, 6.07) is 0.230. The maximum atomic E-state index is 6.19. The van der Waals surface area contributed by atoms with Gasteiger partial charge in [0.2, 0.25) is 0 Å². The summed E-state index contributed by atoms with van der Waals surface area (Å²) in [5.41, 5.74) is 9.20. The maximum Gasteiger partial charge on any atom is 0.0850 e. The van der Waals surface area contributed by atoms with Crippen molar-refractivity contribution in [2.24, 2.45) is 12.8 Å². The molecule has 1 heterocycles. The molecule has 3 nitrogen and oxygen atoms in total. The number of allylic oxidation sites excluding steroid dienone is 1. The van der Waals surface area contributed by atoms with Gasteiger partial charge in [-0.05, 0) is 19.8 Å². The molecule has 1 atom stereocenters. The molecule has 1 aliphatic rings. The number of nitrogens with two attached hydrogens (primary N) is 1. The molecule has 82 valence electrons. The molecule has 1 aromatic rings. The van der Waals surface area contributed by atoms with Crippen molar-refractivity contribution in [1.29, 1.82) is 0 Å². The van der Waals surface area contributed by atoms with Crippen LogP contribution in [0.2, 0.25) is 5.02 Å². The van der Waals surface area contributed by atoms with Crippen molar-refractivity contribution in [2.45, 2.75) is 32.2 Å². The fraction of sp³-hybridized carbons (Fsp3) is 0.545. The van der Waals surface area contributed by atoms with Crippen LogP contribution in [0.3, 0.4) is 0 Å². The molecule has 0 fully saturated rings. The van der Waals surface area contributed by atoms with Crippen LogP contribution in [0.25, 0.3) is 0 Å². The lowest BCUT2D eigenvalue weighted by Crippen LogP contribution is -2.11. The van der Waals surface area contributed by atoms with Gasteiger partial charge in [-0.15, -0.1) is 0 Å². The van der Waals surface area contributed by atoms with Crippen LogP contribution < -0.4 is 5.73 Å². The zero-order valence-electron chi connectivity index (χ0n) is 9.13. The van der Waals surface area contributed by atoms with Crippen molar-refractivity contribution < 1.29 is 0 Å². The molecule has 4 heteroatoms. The zero-order chi connectivity index (χ0) is 11.0.